The number of nitrogens with one attached hydrogen (secondary N) is 2. The van der Waals surface area contributed by atoms with E-state index >= 15 is 0 Å². The summed E-state index contributed by atoms with van der Waals surface area (Å²) in [7, 11) is 0. The minimum absolute atomic E-state index is 0.246. The molecule has 2 N–H and O–H groups in total. The van der Waals surface area contributed by atoms with Crippen LogP contribution in [0.3, 0.4) is 0 Å². The van der Waals surface area contributed by atoms with Crippen LogP contribution < -0.4 is 10.6 Å². The van der Waals surface area contributed by atoms with Crippen molar-refractivity contribution in [3.63, 3.8) is 0 Å². The second kappa shape index (κ2) is 8.13. The quantitative estimate of drug-likeness (QED) is 0.724. The molecule has 1 heterocycles. The SMILES string of the molecule is CC(NC(=O)CN1C(=O)NC(C)(c2ccc(F)cc2)C1=O)c1ccc2c(c1)CCCC2. The Kier molecular flexibility index (Phi) is 5.52. The van der Waals surface area contributed by atoms with E-state index in [0.717, 1.165) is 23.3 Å². The van der Waals surface area contributed by atoms with Crippen molar-refractivity contribution >= 4 is 17.8 Å². The Morgan fingerprint density at radius 2 is 1.81 bits per heavy atom. The van der Waals surface area contributed by atoms with Gasteiger partial charge in [0.1, 0.15) is 17.9 Å². The van der Waals surface area contributed by atoms with Gasteiger partial charge in [0.15, 0.2) is 0 Å². The summed E-state index contributed by atoms with van der Waals surface area (Å²) in [6, 6.07) is 10.8. The zero-order valence-corrected chi connectivity index (χ0v) is 17.7. The Hall–Kier alpha value is -3.22. The van der Waals surface area contributed by atoms with Gasteiger partial charge in [-0.25, -0.2) is 9.18 Å². The molecule has 0 spiro atoms. The Morgan fingerprint density at radius 3 is 2.52 bits per heavy atom. The van der Waals surface area contributed by atoms with Crippen molar-refractivity contribution in [2.75, 3.05) is 6.54 Å². The number of amides is 4. The molecule has 2 aromatic rings. The molecule has 1 saturated heterocycles. The Morgan fingerprint density at radius 1 is 1.13 bits per heavy atom. The molecule has 1 aliphatic carbocycles. The number of aryl methyl sites for hydroxylation is 2. The lowest BCUT2D eigenvalue weighted by Crippen LogP contribution is -2.43. The molecule has 162 valence electrons. The van der Waals surface area contributed by atoms with Crippen molar-refractivity contribution in [3.8, 4) is 0 Å². The number of fused-ring (bicyclic) bond motifs is 1. The number of carbonyl (C=O) groups is 3. The fraction of sp³-hybridized carbons (Fsp3) is 0.375. The Bertz CT molecular complexity index is 1040. The fourth-order valence-corrected chi connectivity index (χ4v) is 4.36. The number of imide groups is 1. The minimum Gasteiger partial charge on any atom is -0.348 e. The second-order valence-electron chi connectivity index (χ2n) is 8.48. The highest BCUT2D eigenvalue weighted by Gasteiger charge is 2.49. The van der Waals surface area contributed by atoms with E-state index in [1.807, 2.05) is 13.0 Å². The average Bonchev–Trinajstić information content (AvgIpc) is 2.97. The van der Waals surface area contributed by atoms with Crippen LogP contribution in [0.5, 0.6) is 0 Å². The molecule has 4 rings (SSSR count). The molecular formula is C24H26FN3O3. The van der Waals surface area contributed by atoms with Gasteiger partial charge in [-0.3, -0.25) is 14.5 Å². The number of carbonyl (C=O) groups excluding carboxylic acids is 3. The number of hydrogen-bond acceptors (Lipinski definition) is 3. The predicted molar refractivity (Wildman–Crippen MR) is 114 cm³/mol. The third-order valence-electron chi connectivity index (χ3n) is 6.25. The molecule has 31 heavy (non-hydrogen) atoms. The van der Waals surface area contributed by atoms with E-state index in [0.29, 0.717) is 5.56 Å². The molecule has 1 fully saturated rings. The van der Waals surface area contributed by atoms with Gasteiger partial charge in [-0.05, 0) is 73.9 Å². The maximum Gasteiger partial charge on any atom is 0.325 e. The van der Waals surface area contributed by atoms with Crippen molar-refractivity contribution < 1.29 is 18.8 Å². The van der Waals surface area contributed by atoms with Crippen LogP contribution >= 0.6 is 0 Å². The summed E-state index contributed by atoms with van der Waals surface area (Å²) in [4.78, 5) is 38.9. The highest BCUT2D eigenvalue weighted by atomic mass is 19.1. The van der Waals surface area contributed by atoms with E-state index in [2.05, 4.69) is 22.8 Å². The third kappa shape index (κ3) is 4.04. The zero-order valence-electron chi connectivity index (χ0n) is 17.7. The van der Waals surface area contributed by atoms with Crippen molar-refractivity contribution in [3.05, 3.63) is 70.5 Å². The summed E-state index contributed by atoms with van der Waals surface area (Å²) in [6.45, 7) is 3.06. The number of hydrogen-bond donors (Lipinski definition) is 2. The third-order valence-corrected chi connectivity index (χ3v) is 6.25. The second-order valence-corrected chi connectivity index (χ2v) is 8.48. The number of urea groups is 1. The molecule has 0 aromatic heterocycles. The van der Waals surface area contributed by atoms with Gasteiger partial charge in [0.25, 0.3) is 5.91 Å². The zero-order chi connectivity index (χ0) is 22.2. The van der Waals surface area contributed by atoms with E-state index < -0.39 is 29.2 Å². The van der Waals surface area contributed by atoms with Crippen LogP contribution in [0.1, 0.15) is 55.0 Å². The van der Waals surface area contributed by atoms with E-state index in [-0.39, 0.29) is 12.6 Å². The molecule has 4 amide bonds. The number of rotatable bonds is 5. The summed E-state index contributed by atoms with van der Waals surface area (Å²) in [6.07, 6.45) is 4.53. The molecular weight excluding hydrogens is 397 g/mol. The van der Waals surface area contributed by atoms with Gasteiger partial charge in [-0.2, -0.15) is 0 Å². The van der Waals surface area contributed by atoms with Crippen LogP contribution in [0.15, 0.2) is 42.5 Å². The van der Waals surface area contributed by atoms with Gasteiger partial charge in [0.2, 0.25) is 5.91 Å². The van der Waals surface area contributed by atoms with Crippen LogP contribution in [0, 0.1) is 5.82 Å². The lowest BCUT2D eigenvalue weighted by molar-refractivity contribution is -0.135. The number of benzene rings is 2. The summed E-state index contributed by atoms with van der Waals surface area (Å²) in [5, 5.41) is 5.51. The minimum atomic E-state index is -1.34. The summed E-state index contributed by atoms with van der Waals surface area (Å²) in [5.74, 6) is -1.39. The van der Waals surface area contributed by atoms with Gasteiger partial charge in [-0.15, -0.1) is 0 Å². The van der Waals surface area contributed by atoms with Crippen LogP contribution in [-0.2, 0) is 28.0 Å². The maximum atomic E-state index is 13.2. The van der Waals surface area contributed by atoms with Gasteiger partial charge >= 0.3 is 6.03 Å². The largest absolute Gasteiger partial charge is 0.348 e. The predicted octanol–water partition coefficient (Wildman–Crippen LogP) is 3.35. The van der Waals surface area contributed by atoms with Gasteiger partial charge < -0.3 is 10.6 Å². The van der Waals surface area contributed by atoms with Crippen LogP contribution in [0.25, 0.3) is 0 Å². The van der Waals surface area contributed by atoms with Crippen LogP contribution in [0.4, 0.5) is 9.18 Å². The number of nitrogens with zero attached hydrogens (tertiary/aromatic N) is 1. The first-order valence-electron chi connectivity index (χ1n) is 10.6. The first kappa shape index (κ1) is 21.0. The van der Waals surface area contributed by atoms with Crippen molar-refractivity contribution in [1.82, 2.24) is 15.5 Å². The summed E-state index contributed by atoms with van der Waals surface area (Å²) in [5.41, 5.74) is 2.82. The van der Waals surface area contributed by atoms with E-state index in [4.69, 9.17) is 0 Å². The molecule has 0 radical (unpaired) electrons. The Balaban J connectivity index is 1.43. The molecule has 6 nitrogen and oxygen atoms in total. The number of halogens is 1. The molecule has 2 atom stereocenters. The highest BCUT2D eigenvalue weighted by molar-refractivity contribution is 6.09. The lowest BCUT2D eigenvalue weighted by Gasteiger charge is -2.23. The smallest absolute Gasteiger partial charge is 0.325 e. The maximum absolute atomic E-state index is 13.2. The highest BCUT2D eigenvalue weighted by Crippen LogP contribution is 2.29. The molecule has 0 saturated carbocycles. The molecule has 2 unspecified atom stereocenters. The first-order chi connectivity index (χ1) is 14.8. The first-order valence-corrected chi connectivity index (χ1v) is 10.6. The topological polar surface area (TPSA) is 78.5 Å². The van der Waals surface area contributed by atoms with Crippen molar-refractivity contribution in [2.45, 2.75) is 51.1 Å². The molecule has 2 aliphatic rings. The average molecular weight is 423 g/mol. The molecule has 2 aromatic carbocycles. The van der Waals surface area contributed by atoms with Gasteiger partial charge in [-0.1, -0.05) is 30.3 Å². The standard InChI is InChI=1S/C24H26FN3O3/c1-15(17-8-7-16-5-3-4-6-18(16)13-17)26-21(29)14-28-22(30)24(2,27-23(28)31)19-9-11-20(25)12-10-19/h7-13,15H,3-6,14H2,1-2H3,(H,26,29)(H,27,31). The van der Waals surface area contributed by atoms with Crippen molar-refractivity contribution in [2.24, 2.45) is 0 Å². The normalized spacial score (nSPS) is 21.5. The van der Waals surface area contributed by atoms with Gasteiger partial charge in [0, 0.05) is 0 Å². The summed E-state index contributed by atoms with van der Waals surface area (Å²) >= 11 is 0. The van der Waals surface area contributed by atoms with E-state index in [1.54, 1.807) is 6.92 Å². The van der Waals surface area contributed by atoms with E-state index in [1.165, 1.54) is 48.2 Å². The summed E-state index contributed by atoms with van der Waals surface area (Å²) < 4.78 is 13.2. The Labute approximate surface area is 180 Å². The lowest BCUT2D eigenvalue weighted by atomic mass is 9.89. The van der Waals surface area contributed by atoms with Gasteiger partial charge in [0.05, 0.1) is 6.04 Å². The molecule has 0 bridgehead atoms. The van der Waals surface area contributed by atoms with Crippen LogP contribution in [0.2, 0.25) is 0 Å². The van der Waals surface area contributed by atoms with Crippen LogP contribution in [-0.4, -0.2) is 29.3 Å². The fourth-order valence-electron chi connectivity index (χ4n) is 4.36. The van der Waals surface area contributed by atoms with Crippen molar-refractivity contribution in [1.29, 1.82) is 0 Å². The monoisotopic (exact) mass is 423 g/mol. The van der Waals surface area contributed by atoms with E-state index in [9.17, 15) is 18.8 Å². The molecule has 1 aliphatic heterocycles. The molecule has 7 heteroatoms.